The molecular formula is C16H15BrO2S. The monoisotopic (exact) mass is 350 g/mol. The minimum atomic E-state index is 0.0785. The third kappa shape index (κ3) is 3.87. The van der Waals surface area contributed by atoms with Crippen molar-refractivity contribution in [3.8, 4) is 5.75 Å². The first kappa shape index (κ1) is 15.1. The normalized spacial score (nSPS) is 10.3. The third-order valence-electron chi connectivity index (χ3n) is 2.84. The van der Waals surface area contributed by atoms with Crippen LogP contribution in [0.25, 0.3) is 0 Å². The highest BCUT2D eigenvalue weighted by molar-refractivity contribution is 9.10. The number of ether oxygens (including phenoxy) is 1. The van der Waals surface area contributed by atoms with E-state index in [-0.39, 0.29) is 5.78 Å². The summed E-state index contributed by atoms with van der Waals surface area (Å²) in [6.45, 7) is 1.98. The number of halogens is 1. The predicted molar refractivity (Wildman–Crippen MR) is 86.9 cm³/mol. The number of rotatable bonds is 5. The summed E-state index contributed by atoms with van der Waals surface area (Å²) in [5.74, 6) is 1.13. The molecule has 0 aliphatic heterocycles. The van der Waals surface area contributed by atoms with Gasteiger partial charge in [0.15, 0.2) is 5.78 Å². The smallest absolute Gasteiger partial charge is 0.176 e. The van der Waals surface area contributed by atoms with Crippen LogP contribution in [0.2, 0.25) is 0 Å². The molecule has 0 saturated heterocycles. The highest BCUT2D eigenvalue weighted by atomic mass is 79.9. The van der Waals surface area contributed by atoms with Crippen molar-refractivity contribution in [2.45, 2.75) is 11.8 Å². The summed E-state index contributed by atoms with van der Waals surface area (Å²) in [5.41, 5.74) is 1.72. The van der Waals surface area contributed by atoms with Gasteiger partial charge in [-0.25, -0.2) is 0 Å². The maximum atomic E-state index is 12.3. The lowest BCUT2D eigenvalue weighted by Gasteiger charge is -2.08. The fourth-order valence-electron chi connectivity index (χ4n) is 1.79. The molecule has 0 unspecified atom stereocenters. The summed E-state index contributed by atoms with van der Waals surface area (Å²) in [7, 11) is 1.59. The summed E-state index contributed by atoms with van der Waals surface area (Å²) in [5, 5.41) is 0. The topological polar surface area (TPSA) is 26.3 Å². The molecule has 0 aromatic heterocycles. The Morgan fingerprint density at radius 3 is 2.55 bits per heavy atom. The minimum absolute atomic E-state index is 0.0785. The molecule has 0 amide bonds. The number of carbonyl (C=O) groups is 1. The van der Waals surface area contributed by atoms with Gasteiger partial charge in [0.25, 0.3) is 0 Å². The van der Waals surface area contributed by atoms with Crippen molar-refractivity contribution >= 4 is 33.5 Å². The van der Waals surface area contributed by atoms with Crippen LogP contribution in [0, 0.1) is 6.92 Å². The number of aryl methyl sites for hydroxylation is 1. The predicted octanol–water partition coefficient (Wildman–Crippen LogP) is 4.74. The van der Waals surface area contributed by atoms with E-state index in [1.165, 1.54) is 11.8 Å². The number of thioether (sulfide) groups is 1. The SMILES string of the molecule is COc1cc(C)ccc1C(=O)CSc1ccc(Br)cc1. The lowest BCUT2D eigenvalue weighted by Crippen LogP contribution is -2.05. The van der Waals surface area contributed by atoms with Gasteiger partial charge >= 0.3 is 0 Å². The van der Waals surface area contributed by atoms with Gasteiger partial charge in [0, 0.05) is 9.37 Å². The zero-order valence-corrected chi connectivity index (χ0v) is 13.8. The molecule has 4 heteroatoms. The largest absolute Gasteiger partial charge is 0.496 e. The van der Waals surface area contributed by atoms with E-state index in [9.17, 15) is 4.79 Å². The van der Waals surface area contributed by atoms with Crippen molar-refractivity contribution < 1.29 is 9.53 Å². The van der Waals surface area contributed by atoms with Gasteiger partial charge in [-0.2, -0.15) is 0 Å². The molecule has 104 valence electrons. The molecule has 0 fully saturated rings. The lowest BCUT2D eigenvalue weighted by atomic mass is 10.1. The van der Waals surface area contributed by atoms with Gasteiger partial charge in [-0.1, -0.05) is 22.0 Å². The molecule has 0 radical (unpaired) electrons. The molecule has 0 spiro atoms. The van der Waals surface area contributed by atoms with Crippen LogP contribution in [0.5, 0.6) is 5.75 Å². The third-order valence-corrected chi connectivity index (χ3v) is 4.38. The van der Waals surface area contributed by atoms with E-state index in [0.717, 1.165) is 14.9 Å². The van der Waals surface area contributed by atoms with Gasteiger partial charge in [0.05, 0.1) is 18.4 Å². The van der Waals surface area contributed by atoms with Crippen LogP contribution >= 0.6 is 27.7 Å². The molecule has 2 aromatic carbocycles. The molecule has 0 aliphatic carbocycles. The van der Waals surface area contributed by atoms with E-state index in [1.54, 1.807) is 7.11 Å². The molecule has 2 rings (SSSR count). The quantitative estimate of drug-likeness (QED) is 0.575. The van der Waals surface area contributed by atoms with Crippen molar-refractivity contribution in [3.05, 3.63) is 58.1 Å². The Kier molecular flexibility index (Phi) is 5.26. The number of hydrogen-bond donors (Lipinski definition) is 0. The number of benzene rings is 2. The van der Waals surface area contributed by atoms with Gasteiger partial charge < -0.3 is 4.74 Å². The van der Waals surface area contributed by atoms with E-state index in [1.807, 2.05) is 49.4 Å². The van der Waals surface area contributed by atoms with Gasteiger partial charge in [0.2, 0.25) is 0 Å². The van der Waals surface area contributed by atoms with E-state index >= 15 is 0 Å². The first-order valence-electron chi connectivity index (χ1n) is 6.16. The van der Waals surface area contributed by atoms with E-state index in [2.05, 4.69) is 15.9 Å². The van der Waals surface area contributed by atoms with Crippen LogP contribution in [0.15, 0.2) is 51.8 Å². The summed E-state index contributed by atoms with van der Waals surface area (Å²) in [6.07, 6.45) is 0. The Balaban J connectivity index is 2.07. The number of Topliss-reactive ketones (excluding diaryl/α,β-unsaturated/α-hetero) is 1. The molecule has 2 aromatic rings. The number of hydrogen-bond acceptors (Lipinski definition) is 3. The van der Waals surface area contributed by atoms with E-state index in [4.69, 9.17) is 4.74 Å². The number of methoxy groups -OCH3 is 1. The summed E-state index contributed by atoms with van der Waals surface area (Å²) in [6, 6.07) is 13.6. The fourth-order valence-corrected chi connectivity index (χ4v) is 2.83. The van der Waals surface area contributed by atoms with Crippen LogP contribution in [0.1, 0.15) is 15.9 Å². The van der Waals surface area contributed by atoms with Crippen LogP contribution in [-0.4, -0.2) is 18.6 Å². The molecular weight excluding hydrogens is 336 g/mol. The first-order chi connectivity index (χ1) is 9.60. The maximum absolute atomic E-state index is 12.3. The van der Waals surface area contributed by atoms with Crippen molar-refractivity contribution in [2.75, 3.05) is 12.9 Å². The number of carbonyl (C=O) groups excluding carboxylic acids is 1. The standard InChI is InChI=1S/C16H15BrO2S/c1-11-3-8-14(16(9-11)19-2)15(18)10-20-13-6-4-12(17)5-7-13/h3-9H,10H2,1-2H3. The molecule has 2 nitrogen and oxygen atoms in total. The second-order valence-corrected chi connectivity index (χ2v) is 6.33. The average molecular weight is 351 g/mol. The zero-order chi connectivity index (χ0) is 14.5. The molecule has 0 heterocycles. The van der Waals surface area contributed by atoms with Crippen molar-refractivity contribution in [3.63, 3.8) is 0 Å². The summed E-state index contributed by atoms with van der Waals surface area (Å²) in [4.78, 5) is 13.3. The lowest BCUT2D eigenvalue weighted by molar-refractivity contribution is 0.101. The van der Waals surface area contributed by atoms with Gasteiger partial charge in [-0.05, 0) is 48.9 Å². The molecule has 0 aliphatic rings. The van der Waals surface area contributed by atoms with Crippen molar-refractivity contribution in [1.82, 2.24) is 0 Å². The zero-order valence-electron chi connectivity index (χ0n) is 11.4. The molecule has 20 heavy (non-hydrogen) atoms. The van der Waals surface area contributed by atoms with Gasteiger partial charge in [0.1, 0.15) is 5.75 Å². The van der Waals surface area contributed by atoms with Crippen LogP contribution < -0.4 is 4.74 Å². The van der Waals surface area contributed by atoms with Crippen LogP contribution in [-0.2, 0) is 0 Å². The minimum Gasteiger partial charge on any atom is -0.496 e. The Morgan fingerprint density at radius 2 is 1.90 bits per heavy atom. The first-order valence-corrected chi connectivity index (χ1v) is 7.94. The van der Waals surface area contributed by atoms with Gasteiger partial charge in [-0.3, -0.25) is 4.79 Å². The van der Waals surface area contributed by atoms with Crippen LogP contribution in [0.3, 0.4) is 0 Å². The summed E-state index contributed by atoms with van der Waals surface area (Å²) >= 11 is 4.92. The second kappa shape index (κ2) is 6.95. The van der Waals surface area contributed by atoms with E-state index in [0.29, 0.717) is 17.1 Å². The maximum Gasteiger partial charge on any atom is 0.176 e. The second-order valence-electron chi connectivity index (χ2n) is 4.37. The van der Waals surface area contributed by atoms with Gasteiger partial charge in [-0.15, -0.1) is 11.8 Å². The van der Waals surface area contributed by atoms with Crippen LogP contribution in [0.4, 0.5) is 0 Å². The molecule has 0 bridgehead atoms. The number of ketones is 1. The highest BCUT2D eigenvalue weighted by Gasteiger charge is 2.12. The van der Waals surface area contributed by atoms with Crippen molar-refractivity contribution in [2.24, 2.45) is 0 Å². The van der Waals surface area contributed by atoms with E-state index < -0.39 is 0 Å². The Bertz CT molecular complexity index is 608. The molecule has 0 N–H and O–H groups in total. The highest BCUT2D eigenvalue weighted by Crippen LogP contribution is 2.25. The average Bonchev–Trinajstić information content (AvgIpc) is 2.46. The Morgan fingerprint density at radius 1 is 1.20 bits per heavy atom. The molecule has 0 saturated carbocycles. The molecule has 0 atom stereocenters. The fraction of sp³-hybridized carbons (Fsp3) is 0.188. The Hall–Kier alpha value is -1.26. The Labute approximate surface area is 131 Å². The van der Waals surface area contributed by atoms with Crippen molar-refractivity contribution in [1.29, 1.82) is 0 Å². The summed E-state index contributed by atoms with van der Waals surface area (Å²) < 4.78 is 6.31.